The molecule has 11 nitrogen and oxygen atoms in total. The van der Waals surface area contributed by atoms with Crippen molar-refractivity contribution in [2.45, 2.75) is 39.2 Å². The third-order valence-corrected chi connectivity index (χ3v) is 6.77. The van der Waals surface area contributed by atoms with E-state index in [2.05, 4.69) is 37.5 Å². The molecule has 12 heteroatoms. The molecule has 168 valence electrons. The van der Waals surface area contributed by atoms with Gasteiger partial charge >= 0.3 is 0 Å². The molecule has 1 aliphatic heterocycles. The van der Waals surface area contributed by atoms with Crippen molar-refractivity contribution in [3.63, 3.8) is 0 Å². The first-order valence-electron chi connectivity index (χ1n) is 10.5. The number of fused-ring (bicyclic) bond motifs is 1. The molecule has 1 unspecified atom stereocenters. The summed E-state index contributed by atoms with van der Waals surface area (Å²) in [4.78, 5) is 9.09. The third kappa shape index (κ3) is 4.64. The lowest BCUT2D eigenvalue weighted by Crippen LogP contribution is -2.47. The predicted octanol–water partition coefficient (Wildman–Crippen LogP) is 1.78. The van der Waals surface area contributed by atoms with Gasteiger partial charge in [-0.2, -0.15) is 14.6 Å². The van der Waals surface area contributed by atoms with Crippen LogP contribution in [-0.4, -0.2) is 74.5 Å². The van der Waals surface area contributed by atoms with E-state index in [4.69, 9.17) is 4.74 Å². The fraction of sp³-hybridized carbons (Fsp3) is 0.579. The fourth-order valence-electron chi connectivity index (χ4n) is 3.71. The molecule has 4 heterocycles. The Balaban J connectivity index is 1.59. The maximum Gasteiger partial charge on any atom is 0.244 e. The number of rotatable bonds is 8. The molecule has 31 heavy (non-hydrogen) atoms. The van der Waals surface area contributed by atoms with Crippen LogP contribution in [0.2, 0.25) is 0 Å². The van der Waals surface area contributed by atoms with Gasteiger partial charge in [-0.3, -0.25) is 5.10 Å². The van der Waals surface area contributed by atoms with Gasteiger partial charge < -0.3 is 10.1 Å². The quantitative estimate of drug-likeness (QED) is 0.499. The second kappa shape index (κ2) is 8.79. The van der Waals surface area contributed by atoms with Gasteiger partial charge in [-0.25, -0.2) is 17.7 Å². The molecule has 0 radical (unpaired) electrons. The minimum Gasteiger partial charge on any atom is -0.476 e. The molecule has 0 bridgehead atoms. The second-order valence-corrected chi connectivity index (χ2v) is 9.93. The number of sulfonamides is 1. The van der Waals surface area contributed by atoms with Gasteiger partial charge in [0.1, 0.15) is 5.69 Å². The largest absolute Gasteiger partial charge is 0.476 e. The number of H-pyrrole nitrogens is 1. The van der Waals surface area contributed by atoms with E-state index in [9.17, 15) is 8.42 Å². The van der Waals surface area contributed by atoms with Crippen molar-refractivity contribution >= 4 is 21.6 Å². The van der Waals surface area contributed by atoms with Gasteiger partial charge in [-0.1, -0.05) is 20.3 Å². The van der Waals surface area contributed by atoms with Gasteiger partial charge in [0, 0.05) is 30.9 Å². The molecule has 0 aromatic carbocycles. The van der Waals surface area contributed by atoms with Crippen LogP contribution in [0.25, 0.3) is 16.9 Å². The lowest BCUT2D eigenvalue weighted by molar-refractivity contribution is 0.262. The Morgan fingerprint density at radius 3 is 2.87 bits per heavy atom. The van der Waals surface area contributed by atoms with Gasteiger partial charge in [0.05, 0.1) is 25.3 Å². The molecule has 1 saturated heterocycles. The molecule has 2 N–H and O–H groups in total. The summed E-state index contributed by atoms with van der Waals surface area (Å²) < 4.78 is 32.9. The molecular formula is C19H28N8O3S. The number of nitrogens with zero attached hydrogens (tertiary/aromatic N) is 6. The van der Waals surface area contributed by atoms with Gasteiger partial charge in [0.2, 0.25) is 21.9 Å². The summed E-state index contributed by atoms with van der Waals surface area (Å²) in [5.41, 5.74) is 2.02. The summed E-state index contributed by atoms with van der Waals surface area (Å²) in [5.74, 6) is 1.11. The first kappa shape index (κ1) is 21.5. The molecule has 2 atom stereocenters. The topological polar surface area (TPSA) is 130 Å². The Labute approximate surface area is 181 Å². The number of ether oxygens (including phenoxy) is 1. The van der Waals surface area contributed by atoms with Crippen LogP contribution >= 0.6 is 0 Å². The molecule has 4 rings (SSSR count). The smallest absolute Gasteiger partial charge is 0.244 e. The molecule has 3 aromatic rings. The van der Waals surface area contributed by atoms with Crippen LogP contribution < -0.4 is 10.1 Å². The highest BCUT2D eigenvalue weighted by Gasteiger charge is 2.31. The van der Waals surface area contributed by atoms with E-state index in [1.165, 1.54) is 10.6 Å². The Bertz CT molecular complexity index is 1130. The SMILES string of the molecule is CCCCOc1c(-c2cn[nH]c2)ncc2nc(NC3CCN(S(C)(=O)=O)C[C@H]3C)nn12. The van der Waals surface area contributed by atoms with Crippen LogP contribution in [0.15, 0.2) is 18.6 Å². The highest BCUT2D eigenvalue weighted by Crippen LogP contribution is 2.29. The fourth-order valence-corrected chi connectivity index (χ4v) is 4.65. The lowest BCUT2D eigenvalue weighted by Gasteiger charge is -2.35. The zero-order valence-electron chi connectivity index (χ0n) is 17.9. The van der Waals surface area contributed by atoms with Crippen LogP contribution in [0, 0.1) is 5.92 Å². The normalized spacial score (nSPS) is 20.2. The van der Waals surface area contributed by atoms with Crippen molar-refractivity contribution in [2.75, 3.05) is 31.3 Å². The molecule has 1 fully saturated rings. The van der Waals surface area contributed by atoms with Crippen LogP contribution in [0.5, 0.6) is 5.88 Å². The maximum atomic E-state index is 11.8. The van der Waals surface area contributed by atoms with E-state index in [1.807, 2.05) is 6.92 Å². The number of unbranched alkanes of at least 4 members (excludes halogenated alkanes) is 1. The monoisotopic (exact) mass is 448 g/mol. The molecule has 3 aromatic heterocycles. The number of hydrogen-bond acceptors (Lipinski definition) is 8. The Morgan fingerprint density at radius 2 is 2.19 bits per heavy atom. The molecule has 0 amide bonds. The van der Waals surface area contributed by atoms with Crippen LogP contribution in [-0.2, 0) is 10.0 Å². The summed E-state index contributed by atoms with van der Waals surface area (Å²) in [6.45, 7) is 5.63. The summed E-state index contributed by atoms with van der Waals surface area (Å²) >= 11 is 0. The summed E-state index contributed by atoms with van der Waals surface area (Å²) in [6, 6.07) is 0.0705. The maximum absolute atomic E-state index is 11.8. The molecule has 0 aliphatic carbocycles. The summed E-state index contributed by atoms with van der Waals surface area (Å²) in [5, 5.41) is 14.8. The van der Waals surface area contributed by atoms with Crippen molar-refractivity contribution in [1.82, 2.24) is 34.1 Å². The van der Waals surface area contributed by atoms with Gasteiger partial charge in [0.15, 0.2) is 5.65 Å². The highest BCUT2D eigenvalue weighted by molar-refractivity contribution is 7.88. The second-order valence-electron chi connectivity index (χ2n) is 7.94. The van der Waals surface area contributed by atoms with E-state index in [0.717, 1.165) is 18.4 Å². The first-order chi connectivity index (χ1) is 14.9. The zero-order valence-corrected chi connectivity index (χ0v) is 18.8. The molecular weight excluding hydrogens is 420 g/mol. The van der Waals surface area contributed by atoms with E-state index in [1.54, 1.807) is 23.1 Å². The average molecular weight is 449 g/mol. The number of aromatic amines is 1. The van der Waals surface area contributed by atoms with Crippen molar-refractivity contribution in [2.24, 2.45) is 5.92 Å². The minimum absolute atomic E-state index is 0.0705. The number of anilines is 1. The summed E-state index contributed by atoms with van der Waals surface area (Å²) in [6.07, 6.45) is 8.96. The van der Waals surface area contributed by atoms with Crippen LogP contribution in [0.3, 0.4) is 0 Å². The number of piperidine rings is 1. The van der Waals surface area contributed by atoms with E-state index in [0.29, 0.717) is 49.3 Å². The van der Waals surface area contributed by atoms with Crippen LogP contribution in [0.4, 0.5) is 5.95 Å². The number of aromatic nitrogens is 6. The Kier molecular flexibility index (Phi) is 6.10. The van der Waals surface area contributed by atoms with E-state index >= 15 is 0 Å². The number of hydrogen-bond donors (Lipinski definition) is 2. The number of nitrogens with one attached hydrogen (secondary N) is 2. The average Bonchev–Trinajstić information content (AvgIpc) is 3.38. The highest BCUT2D eigenvalue weighted by atomic mass is 32.2. The van der Waals surface area contributed by atoms with Gasteiger partial charge in [-0.05, 0) is 18.8 Å². The van der Waals surface area contributed by atoms with Crippen LogP contribution in [0.1, 0.15) is 33.1 Å². The Morgan fingerprint density at radius 1 is 1.35 bits per heavy atom. The van der Waals surface area contributed by atoms with Gasteiger partial charge in [0.25, 0.3) is 0 Å². The molecule has 1 aliphatic rings. The summed E-state index contributed by atoms with van der Waals surface area (Å²) in [7, 11) is -3.18. The van der Waals surface area contributed by atoms with Crippen molar-refractivity contribution < 1.29 is 13.2 Å². The zero-order chi connectivity index (χ0) is 22.0. The predicted molar refractivity (Wildman–Crippen MR) is 116 cm³/mol. The molecule has 0 saturated carbocycles. The van der Waals surface area contributed by atoms with Gasteiger partial charge in [-0.15, -0.1) is 5.10 Å². The first-order valence-corrected chi connectivity index (χ1v) is 12.3. The Hall–Kier alpha value is -2.73. The lowest BCUT2D eigenvalue weighted by atomic mass is 9.95. The van der Waals surface area contributed by atoms with Crippen molar-refractivity contribution in [1.29, 1.82) is 0 Å². The van der Waals surface area contributed by atoms with Crippen molar-refractivity contribution in [3.8, 4) is 17.1 Å². The van der Waals surface area contributed by atoms with E-state index in [-0.39, 0.29) is 12.0 Å². The van der Waals surface area contributed by atoms with Crippen molar-refractivity contribution in [3.05, 3.63) is 18.6 Å². The standard InChI is InChI=1S/C19H28N8O3S/c1-4-5-8-30-18-17(14-9-21-22-10-14)20-11-16-24-19(25-27(16)18)23-15-6-7-26(12-13(15)2)31(3,28)29/h9-11,13,15H,4-8,12H2,1-3H3,(H,21,22)(H,23,25)/t13-,15?/m1/s1. The minimum atomic E-state index is -3.18. The molecule has 0 spiro atoms. The van der Waals surface area contributed by atoms with E-state index < -0.39 is 10.0 Å². The third-order valence-electron chi connectivity index (χ3n) is 5.50.